The number of halogens is 3. The van der Waals surface area contributed by atoms with Crippen LogP contribution in [0.5, 0.6) is 0 Å². The van der Waals surface area contributed by atoms with Crippen molar-refractivity contribution in [2.75, 3.05) is 7.11 Å². The lowest BCUT2D eigenvalue weighted by Gasteiger charge is -2.15. The second-order valence-electron chi connectivity index (χ2n) is 2.26. The largest absolute Gasteiger partial charge is 0.467 e. The van der Waals surface area contributed by atoms with Crippen LogP contribution in [-0.2, 0) is 9.53 Å². The Labute approximate surface area is 80.5 Å². The lowest BCUT2D eigenvalue weighted by Crippen LogP contribution is -2.42. The molecule has 0 aliphatic heterocycles. The van der Waals surface area contributed by atoms with Crippen LogP contribution < -0.4 is 5.73 Å². The summed E-state index contributed by atoms with van der Waals surface area (Å²) in [6.07, 6.45) is -5.04. The van der Waals surface area contributed by atoms with Gasteiger partial charge in [-0.3, -0.25) is 0 Å². The maximum Gasteiger partial charge on any atom is 0.336 e. The summed E-state index contributed by atoms with van der Waals surface area (Å²) >= 11 is 0. The Bertz CT molecular complexity index is 159. The molecule has 80 valence electrons. The van der Waals surface area contributed by atoms with E-state index in [2.05, 4.69) is 4.74 Å². The van der Waals surface area contributed by atoms with Gasteiger partial charge in [-0.1, -0.05) is 0 Å². The first-order valence-corrected chi connectivity index (χ1v) is 3.28. The van der Waals surface area contributed by atoms with Crippen LogP contribution in [0.3, 0.4) is 0 Å². The Hall–Kier alpha value is -0.460. The monoisotopic (exact) mass is 219 g/mol. The van der Waals surface area contributed by atoms with Gasteiger partial charge in [0.25, 0.3) is 0 Å². The van der Waals surface area contributed by atoms with Crippen molar-refractivity contribution in [2.45, 2.75) is 25.0 Å². The zero-order valence-electron chi connectivity index (χ0n) is 6.94. The van der Waals surface area contributed by atoms with E-state index in [4.69, 9.17) is 10.8 Å². The summed E-state index contributed by atoms with van der Waals surface area (Å²) in [7, 11) is 1.04. The minimum absolute atomic E-state index is 0. The van der Waals surface area contributed by atoms with E-state index >= 15 is 0 Å². The van der Waals surface area contributed by atoms with E-state index in [-0.39, 0.29) is 12.4 Å². The lowest BCUT2D eigenvalue weighted by atomic mass is 10.1. The molecule has 2 atom stereocenters. The molecule has 0 heterocycles. The van der Waals surface area contributed by atoms with Crippen LogP contribution in [0.15, 0.2) is 0 Å². The number of alkyl halides is 2. The molecule has 0 spiro atoms. The van der Waals surface area contributed by atoms with Gasteiger partial charge in [0.15, 0.2) is 6.10 Å². The van der Waals surface area contributed by atoms with E-state index in [0.29, 0.717) is 0 Å². The number of hydrogen-bond donors (Lipinski definition) is 2. The van der Waals surface area contributed by atoms with Crippen molar-refractivity contribution in [3.63, 3.8) is 0 Å². The van der Waals surface area contributed by atoms with Crippen molar-refractivity contribution in [1.29, 1.82) is 0 Å². The fourth-order valence-corrected chi connectivity index (χ4v) is 0.630. The molecule has 3 N–H and O–H groups in total. The minimum Gasteiger partial charge on any atom is -0.467 e. The Morgan fingerprint density at radius 2 is 2.08 bits per heavy atom. The molecule has 0 rings (SSSR count). The summed E-state index contributed by atoms with van der Waals surface area (Å²) in [6, 6.07) is -1.28. The molecule has 0 aliphatic carbocycles. The second kappa shape index (κ2) is 6.99. The molecule has 0 amide bonds. The summed E-state index contributed by atoms with van der Waals surface area (Å²) in [4.78, 5) is 10.5. The number of aliphatic hydroxyl groups excluding tert-OH is 1. The van der Waals surface area contributed by atoms with Gasteiger partial charge < -0.3 is 15.6 Å². The van der Waals surface area contributed by atoms with Crippen LogP contribution in [0.1, 0.15) is 6.42 Å². The smallest absolute Gasteiger partial charge is 0.336 e. The summed E-state index contributed by atoms with van der Waals surface area (Å²) in [5.41, 5.74) is 5.06. The molecule has 4 nitrogen and oxygen atoms in total. The van der Waals surface area contributed by atoms with Crippen molar-refractivity contribution in [2.24, 2.45) is 5.73 Å². The normalized spacial score (nSPS) is 14.6. The van der Waals surface area contributed by atoms with Crippen LogP contribution in [0.4, 0.5) is 8.78 Å². The quantitative estimate of drug-likeness (QED) is 0.649. The van der Waals surface area contributed by atoms with Crippen LogP contribution >= 0.6 is 12.4 Å². The highest BCUT2D eigenvalue weighted by Crippen LogP contribution is 2.06. The Kier molecular flexibility index (Phi) is 8.09. The van der Waals surface area contributed by atoms with E-state index in [1.54, 1.807) is 0 Å². The van der Waals surface area contributed by atoms with Crippen molar-refractivity contribution < 1.29 is 23.4 Å². The zero-order chi connectivity index (χ0) is 9.72. The topological polar surface area (TPSA) is 72.5 Å². The third-order valence-corrected chi connectivity index (χ3v) is 1.30. The number of aliphatic hydroxyl groups is 1. The fraction of sp³-hybridized carbons (Fsp3) is 0.833. The lowest BCUT2D eigenvalue weighted by molar-refractivity contribution is -0.151. The van der Waals surface area contributed by atoms with Gasteiger partial charge in [-0.05, 0) is 0 Å². The first kappa shape index (κ1) is 15.0. The number of methoxy groups -OCH3 is 1. The predicted molar refractivity (Wildman–Crippen MR) is 43.9 cm³/mol. The second-order valence-corrected chi connectivity index (χ2v) is 2.26. The van der Waals surface area contributed by atoms with Gasteiger partial charge in [0.2, 0.25) is 6.43 Å². The van der Waals surface area contributed by atoms with E-state index in [0.717, 1.165) is 7.11 Å². The minimum atomic E-state index is -2.64. The number of esters is 1. The van der Waals surface area contributed by atoms with E-state index in [1.165, 1.54) is 0 Å². The summed E-state index contributed by atoms with van der Waals surface area (Å²) < 4.78 is 27.4. The Morgan fingerprint density at radius 3 is 2.38 bits per heavy atom. The molecular formula is C6H12ClF2NO3. The van der Waals surface area contributed by atoms with E-state index < -0.39 is 31.0 Å². The number of rotatable bonds is 4. The average Bonchev–Trinajstić information content (AvgIpc) is 2.00. The number of carbonyl (C=O) groups is 1. The Morgan fingerprint density at radius 1 is 1.62 bits per heavy atom. The maximum absolute atomic E-state index is 11.7. The molecule has 0 fully saturated rings. The number of ether oxygens (including phenoxy) is 1. The van der Waals surface area contributed by atoms with Gasteiger partial charge in [0.1, 0.15) is 0 Å². The van der Waals surface area contributed by atoms with Crippen LogP contribution in [-0.4, -0.2) is 36.8 Å². The summed E-state index contributed by atoms with van der Waals surface area (Å²) in [5.74, 6) is -0.997. The van der Waals surface area contributed by atoms with Gasteiger partial charge in [-0.15, -0.1) is 12.4 Å². The number of carbonyl (C=O) groups excluding carboxylic acids is 1. The maximum atomic E-state index is 11.7. The molecule has 0 aromatic carbocycles. The van der Waals surface area contributed by atoms with Crippen molar-refractivity contribution in [3.8, 4) is 0 Å². The van der Waals surface area contributed by atoms with Crippen molar-refractivity contribution >= 4 is 18.4 Å². The molecule has 0 aromatic rings. The van der Waals surface area contributed by atoms with Crippen molar-refractivity contribution in [3.05, 3.63) is 0 Å². The zero-order valence-corrected chi connectivity index (χ0v) is 7.76. The number of hydrogen-bond acceptors (Lipinski definition) is 4. The van der Waals surface area contributed by atoms with Crippen LogP contribution in [0.2, 0.25) is 0 Å². The summed E-state index contributed by atoms with van der Waals surface area (Å²) in [5, 5.41) is 8.90. The van der Waals surface area contributed by atoms with Crippen LogP contribution in [0.25, 0.3) is 0 Å². The highest BCUT2D eigenvalue weighted by molar-refractivity contribution is 5.85. The first-order chi connectivity index (χ1) is 5.49. The summed E-state index contributed by atoms with van der Waals surface area (Å²) in [6.45, 7) is 0. The van der Waals surface area contributed by atoms with Gasteiger partial charge in [0.05, 0.1) is 7.11 Å². The third kappa shape index (κ3) is 5.73. The molecule has 0 radical (unpaired) electrons. The molecule has 0 aliphatic rings. The van der Waals surface area contributed by atoms with Crippen molar-refractivity contribution in [1.82, 2.24) is 0 Å². The SMILES string of the molecule is COC(=O)[C@H](O)[C@@H](N)CC(F)F.Cl. The standard InChI is InChI=1S/C6H11F2NO3.ClH/c1-12-6(11)5(10)3(9)2-4(7)8;/h3-5,10H,2,9H2,1H3;1H/t3-,5+;/m0./s1. The van der Waals surface area contributed by atoms with E-state index in [9.17, 15) is 13.6 Å². The molecule has 13 heavy (non-hydrogen) atoms. The molecule has 0 bridgehead atoms. The molecule has 7 heteroatoms. The van der Waals surface area contributed by atoms with Gasteiger partial charge in [-0.25, -0.2) is 13.6 Å². The predicted octanol–water partition coefficient (Wildman–Crippen LogP) is -0.0754. The van der Waals surface area contributed by atoms with E-state index in [1.807, 2.05) is 0 Å². The molecule has 0 unspecified atom stereocenters. The van der Waals surface area contributed by atoms with Gasteiger partial charge in [-0.2, -0.15) is 0 Å². The third-order valence-electron chi connectivity index (χ3n) is 1.30. The molecule has 0 aromatic heterocycles. The molecule has 0 saturated heterocycles. The number of nitrogens with two attached hydrogens (primary N) is 1. The molecular weight excluding hydrogens is 208 g/mol. The average molecular weight is 220 g/mol. The van der Waals surface area contributed by atoms with Gasteiger partial charge in [0, 0.05) is 12.5 Å². The highest BCUT2D eigenvalue weighted by atomic mass is 35.5. The fourth-order valence-electron chi connectivity index (χ4n) is 0.630. The van der Waals surface area contributed by atoms with Gasteiger partial charge >= 0.3 is 5.97 Å². The molecule has 0 saturated carbocycles. The first-order valence-electron chi connectivity index (χ1n) is 3.28. The highest BCUT2D eigenvalue weighted by Gasteiger charge is 2.26. The van der Waals surface area contributed by atoms with Crippen LogP contribution in [0, 0.1) is 0 Å². The Balaban J connectivity index is 0.